The van der Waals surface area contributed by atoms with Gasteiger partial charge in [-0.25, -0.2) is 0 Å². The first-order valence-electron chi connectivity index (χ1n) is 6.06. The largest absolute Gasteiger partial charge is 0.319 e. The number of amides is 1. The number of hydrogen-bond acceptors (Lipinski definition) is 4. The van der Waals surface area contributed by atoms with E-state index < -0.39 is 4.92 Å². The zero-order valence-corrected chi connectivity index (χ0v) is 11.8. The molecule has 102 valence electrons. The monoisotopic (exact) mass is 327 g/mol. The molecule has 2 N–H and O–H groups in total. The number of nitrogens with one attached hydrogen (secondary N) is 2. The van der Waals surface area contributed by atoms with Gasteiger partial charge < -0.3 is 10.6 Å². The highest BCUT2D eigenvalue weighted by atomic mass is 79.9. The summed E-state index contributed by atoms with van der Waals surface area (Å²) in [5, 5.41) is 16.7. The van der Waals surface area contributed by atoms with E-state index in [1.54, 1.807) is 6.07 Å². The van der Waals surface area contributed by atoms with Crippen molar-refractivity contribution >= 4 is 33.2 Å². The highest BCUT2D eigenvalue weighted by Gasteiger charge is 2.23. The second kappa shape index (κ2) is 6.12. The minimum Gasteiger partial charge on any atom is -0.319 e. The van der Waals surface area contributed by atoms with E-state index in [0.717, 1.165) is 25.8 Å². The number of nitrogens with zero attached hydrogens (tertiary/aromatic N) is 1. The van der Waals surface area contributed by atoms with Crippen molar-refractivity contribution in [3.63, 3.8) is 0 Å². The molecule has 0 unspecified atom stereocenters. The Morgan fingerprint density at radius 3 is 2.89 bits per heavy atom. The Morgan fingerprint density at radius 2 is 2.26 bits per heavy atom. The second-order valence-corrected chi connectivity index (χ2v) is 5.33. The van der Waals surface area contributed by atoms with Crippen molar-refractivity contribution in [3.05, 3.63) is 32.8 Å². The van der Waals surface area contributed by atoms with Crippen LogP contribution in [0, 0.1) is 10.1 Å². The zero-order chi connectivity index (χ0) is 13.8. The lowest BCUT2D eigenvalue weighted by Gasteiger charge is -2.22. The number of nitro groups is 1. The van der Waals surface area contributed by atoms with Gasteiger partial charge in [-0.15, -0.1) is 0 Å². The third-order valence-corrected chi connectivity index (χ3v) is 3.53. The number of halogens is 1. The number of hydrogen-bond donors (Lipinski definition) is 2. The Labute approximate surface area is 118 Å². The number of anilines is 1. The van der Waals surface area contributed by atoms with Crippen molar-refractivity contribution in [3.8, 4) is 0 Å². The van der Waals surface area contributed by atoms with E-state index in [1.807, 2.05) is 0 Å². The van der Waals surface area contributed by atoms with E-state index in [-0.39, 0.29) is 23.3 Å². The molecule has 1 fully saturated rings. The Morgan fingerprint density at radius 1 is 1.47 bits per heavy atom. The first kappa shape index (κ1) is 14.0. The van der Waals surface area contributed by atoms with Gasteiger partial charge in [0.05, 0.1) is 11.0 Å². The molecule has 0 spiro atoms. The molecule has 0 bridgehead atoms. The van der Waals surface area contributed by atoms with Crippen LogP contribution in [0.1, 0.15) is 19.3 Å². The van der Waals surface area contributed by atoms with Gasteiger partial charge in [0, 0.05) is 10.5 Å². The number of piperidine rings is 1. The van der Waals surface area contributed by atoms with Gasteiger partial charge in [0.2, 0.25) is 5.91 Å². The van der Waals surface area contributed by atoms with Crippen LogP contribution < -0.4 is 10.6 Å². The summed E-state index contributed by atoms with van der Waals surface area (Å²) >= 11 is 3.18. The van der Waals surface area contributed by atoms with Crippen LogP contribution in [-0.2, 0) is 4.79 Å². The zero-order valence-electron chi connectivity index (χ0n) is 10.2. The quantitative estimate of drug-likeness (QED) is 0.659. The molecule has 1 aromatic rings. The van der Waals surface area contributed by atoms with E-state index >= 15 is 0 Å². The summed E-state index contributed by atoms with van der Waals surface area (Å²) in [7, 11) is 0. The third-order valence-electron chi connectivity index (χ3n) is 3.04. The van der Waals surface area contributed by atoms with E-state index in [0.29, 0.717) is 4.47 Å². The van der Waals surface area contributed by atoms with Crippen molar-refractivity contribution in [1.29, 1.82) is 0 Å². The van der Waals surface area contributed by atoms with Gasteiger partial charge >= 0.3 is 0 Å². The normalized spacial score (nSPS) is 18.9. The molecule has 6 nitrogen and oxygen atoms in total. The fraction of sp³-hybridized carbons (Fsp3) is 0.417. The molecule has 19 heavy (non-hydrogen) atoms. The van der Waals surface area contributed by atoms with E-state index in [4.69, 9.17) is 0 Å². The summed E-state index contributed by atoms with van der Waals surface area (Å²) < 4.78 is 0.605. The van der Waals surface area contributed by atoms with Gasteiger partial charge in [-0.1, -0.05) is 22.4 Å². The molecule has 1 amide bonds. The van der Waals surface area contributed by atoms with Crippen LogP contribution >= 0.6 is 15.9 Å². The maximum absolute atomic E-state index is 12.0. The van der Waals surface area contributed by atoms with Gasteiger partial charge in [-0.2, -0.15) is 0 Å². The lowest BCUT2D eigenvalue weighted by Crippen LogP contribution is -2.43. The SMILES string of the molecule is O=C(Nc1ccc(Br)cc1[N+](=O)[O-])[C@H]1CCCCN1. The smallest absolute Gasteiger partial charge is 0.293 e. The van der Waals surface area contributed by atoms with Crippen molar-refractivity contribution in [2.75, 3.05) is 11.9 Å². The summed E-state index contributed by atoms with van der Waals surface area (Å²) in [4.78, 5) is 22.5. The molecule has 0 radical (unpaired) electrons. The molecule has 1 aromatic carbocycles. The maximum Gasteiger partial charge on any atom is 0.293 e. The summed E-state index contributed by atoms with van der Waals surface area (Å²) in [6, 6.07) is 4.31. The average molecular weight is 328 g/mol. The number of rotatable bonds is 3. The molecular formula is C12H14BrN3O3. The van der Waals surface area contributed by atoms with Crippen LogP contribution in [0.2, 0.25) is 0 Å². The summed E-state index contributed by atoms with van der Waals surface area (Å²) in [6.07, 6.45) is 2.81. The van der Waals surface area contributed by atoms with Gasteiger partial charge in [0.15, 0.2) is 0 Å². The van der Waals surface area contributed by atoms with Gasteiger partial charge in [-0.3, -0.25) is 14.9 Å². The van der Waals surface area contributed by atoms with Crippen LogP contribution in [0.15, 0.2) is 22.7 Å². The van der Waals surface area contributed by atoms with Crippen molar-refractivity contribution in [1.82, 2.24) is 5.32 Å². The molecule has 7 heteroatoms. The first-order valence-corrected chi connectivity index (χ1v) is 6.85. The number of nitro benzene ring substituents is 1. The van der Waals surface area contributed by atoms with Crippen molar-refractivity contribution in [2.24, 2.45) is 0 Å². The number of carbonyl (C=O) groups excluding carboxylic acids is 1. The molecule has 0 saturated carbocycles. The molecule has 1 aliphatic heterocycles. The molecule has 1 atom stereocenters. The van der Waals surface area contributed by atoms with Gasteiger partial charge in [0.1, 0.15) is 5.69 Å². The van der Waals surface area contributed by atoms with E-state index in [9.17, 15) is 14.9 Å². The van der Waals surface area contributed by atoms with Crippen LogP contribution in [0.25, 0.3) is 0 Å². The molecule has 2 rings (SSSR count). The molecule has 1 heterocycles. The van der Waals surface area contributed by atoms with Gasteiger partial charge in [-0.05, 0) is 31.5 Å². The number of benzene rings is 1. The minimum absolute atomic E-state index is 0.112. The highest BCUT2D eigenvalue weighted by Crippen LogP contribution is 2.28. The summed E-state index contributed by atoms with van der Waals surface area (Å²) in [5.41, 5.74) is 0.115. The summed E-state index contributed by atoms with van der Waals surface area (Å²) in [6.45, 7) is 0.806. The lowest BCUT2D eigenvalue weighted by molar-refractivity contribution is -0.384. The fourth-order valence-electron chi connectivity index (χ4n) is 2.06. The Kier molecular flexibility index (Phi) is 4.49. The Bertz CT molecular complexity index is 501. The van der Waals surface area contributed by atoms with E-state index in [2.05, 4.69) is 26.6 Å². The predicted octanol–water partition coefficient (Wildman–Crippen LogP) is 2.44. The average Bonchev–Trinajstić information content (AvgIpc) is 2.41. The van der Waals surface area contributed by atoms with Crippen LogP contribution in [0.4, 0.5) is 11.4 Å². The Balaban J connectivity index is 2.13. The van der Waals surface area contributed by atoms with Crippen molar-refractivity contribution < 1.29 is 9.72 Å². The molecule has 1 saturated heterocycles. The van der Waals surface area contributed by atoms with Crippen molar-refractivity contribution in [2.45, 2.75) is 25.3 Å². The lowest BCUT2D eigenvalue weighted by atomic mass is 10.0. The minimum atomic E-state index is -0.505. The fourth-order valence-corrected chi connectivity index (χ4v) is 2.41. The number of carbonyl (C=O) groups is 1. The summed E-state index contributed by atoms with van der Waals surface area (Å²) in [5.74, 6) is -0.217. The molecule has 1 aliphatic rings. The topological polar surface area (TPSA) is 84.3 Å². The first-order chi connectivity index (χ1) is 9.08. The molecule has 0 aromatic heterocycles. The highest BCUT2D eigenvalue weighted by molar-refractivity contribution is 9.10. The second-order valence-electron chi connectivity index (χ2n) is 4.41. The van der Waals surface area contributed by atoms with Gasteiger partial charge in [0.25, 0.3) is 5.69 Å². The standard InChI is InChI=1S/C12H14BrN3O3/c13-8-4-5-9(11(7-8)16(18)19)15-12(17)10-3-1-2-6-14-10/h4-5,7,10,14H,1-3,6H2,(H,15,17)/t10-/m1/s1. The Hall–Kier alpha value is -1.47. The van der Waals surface area contributed by atoms with Crippen LogP contribution in [-0.4, -0.2) is 23.4 Å². The maximum atomic E-state index is 12.0. The van der Waals surface area contributed by atoms with Crippen LogP contribution in [0.5, 0.6) is 0 Å². The van der Waals surface area contributed by atoms with Crippen LogP contribution in [0.3, 0.4) is 0 Å². The van der Waals surface area contributed by atoms with E-state index in [1.165, 1.54) is 12.1 Å². The molecular weight excluding hydrogens is 314 g/mol. The molecule has 0 aliphatic carbocycles. The predicted molar refractivity (Wildman–Crippen MR) is 75.1 cm³/mol. The third kappa shape index (κ3) is 3.51.